The summed E-state index contributed by atoms with van der Waals surface area (Å²) in [6.45, 7) is 1.03. The molecule has 0 saturated heterocycles. The number of aromatic hydroxyl groups is 1. The fraction of sp³-hybridized carbons (Fsp3) is 0.308. The van der Waals surface area contributed by atoms with Crippen molar-refractivity contribution in [3.63, 3.8) is 0 Å². The summed E-state index contributed by atoms with van der Waals surface area (Å²) in [6.07, 6.45) is 3.07. The lowest BCUT2D eigenvalue weighted by molar-refractivity contribution is -0.116. The maximum absolute atomic E-state index is 11.4. The number of amides is 1. The molecule has 98 valence electrons. The van der Waals surface area contributed by atoms with Crippen LogP contribution in [0.4, 0.5) is 0 Å². The minimum absolute atomic E-state index is 0.0191. The third kappa shape index (κ3) is 6.03. The number of benzene rings is 1. The first-order chi connectivity index (χ1) is 8.72. The first-order valence-electron chi connectivity index (χ1n) is 5.66. The monoisotopic (exact) mass is 251 g/mol. The molecule has 0 saturated carbocycles. The topological polar surface area (TPSA) is 78.8 Å². The van der Waals surface area contributed by atoms with Crippen molar-refractivity contribution < 1.29 is 19.7 Å². The third-order valence-corrected chi connectivity index (χ3v) is 2.10. The summed E-state index contributed by atoms with van der Waals surface area (Å²) in [6, 6.07) is 6.54. The summed E-state index contributed by atoms with van der Waals surface area (Å²) in [5, 5.41) is 20.2. The van der Waals surface area contributed by atoms with Crippen LogP contribution in [0, 0.1) is 0 Å². The SMILES string of the molecule is O=C(/C=C/c1ccc(O)cc1)NCCOCCO. The van der Waals surface area contributed by atoms with Crippen LogP contribution in [-0.2, 0) is 9.53 Å². The largest absolute Gasteiger partial charge is 0.508 e. The fourth-order valence-corrected chi connectivity index (χ4v) is 1.23. The maximum Gasteiger partial charge on any atom is 0.244 e. The number of rotatable bonds is 7. The lowest BCUT2D eigenvalue weighted by Gasteiger charge is -2.02. The molecule has 0 heterocycles. The van der Waals surface area contributed by atoms with Gasteiger partial charge < -0.3 is 20.3 Å². The Labute approximate surface area is 106 Å². The Morgan fingerprint density at radius 2 is 2.00 bits per heavy atom. The van der Waals surface area contributed by atoms with Crippen LogP contribution in [0.3, 0.4) is 0 Å². The molecule has 1 rings (SSSR count). The first kappa shape index (κ1) is 14.2. The van der Waals surface area contributed by atoms with Crippen molar-refractivity contribution in [2.24, 2.45) is 0 Å². The van der Waals surface area contributed by atoms with E-state index in [0.29, 0.717) is 13.2 Å². The Hall–Kier alpha value is -1.85. The number of phenolic OH excluding ortho intramolecular Hbond substituents is 1. The highest BCUT2D eigenvalue weighted by Crippen LogP contribution is 2.10. The van der Waals surface area contributed by atoms with Gasteiger partial charge in [-0.3, -0.25) is 4.79 Å². The summed E-state index contributed by atoms with van der Waals surface area (Å²) in [4.78, 5) is 11.4. The van der Waals surface area contributed by atoms with E-state index in [-0.39, 0.29) is 24.9 Å². The average Bonchev–Trinajstić information content (AvgIpc) is 2.38. The van der Waals surface area contributed by atoms with Gasteiger partial charge in [0.05, 0.1) is 19.8 Å². The molecule has 0 fully saturated rings. The lowest BCUT2D eigenvalue weighted by atomic mass is 10.2. The zero-order valence-electron chi connectivity index (χ0n) is 10.0. The Balaban J connectivity index is 2.25. The second-order valence-electron chi connectivity index (χ2n) is 3.55. The quantitative estimate of drug-likeness (QED) is 0.488. The van der Waals surface area contributed by atoms with Gasteiger partial charge in [0.25, 0.3) is 0 Å². The highest BCUT2D eigenvalue weighted by Gasteiger charge is 1.95. The van der Waals surface area contributed by atoms with Gasteiger partial charge in [-0.2, -0.15) is 0 Å². The van der Waals surface area contributed by atoms with Crippen LogP contribution in [0.1, 0.15) is 5.56 Å². The Morgan fingerprint density at radius 3 is 2.67 bits per heavy atom. The van der Waals surface area contributed by atoms with Crippen molar-refractivity contribution in [1.82, 2.24) is 5.32 Å². The van der Waals surface area contributed by atoms with Crippen LogP contribution < -0.4 is 5.32 Å². The molecule has 1 aromatic carbocycles. The second-order valence-corrected chi connectivity index (χ2v) is 3.55. The van der Waals surface area contributed by atoms with Crippen LogP contribution in [0.25, 0.3) is 6.08 Å². The number of aliphatic hydroxyl groups is 1. The van der Waals surface area contributed by atoms with Gasteiger partial charge in [-0.25, -0.2) is 0 Å². The number of ether oxygens (including phenoxy) is 1. The molecule has 0 aromatic heterocycles. The summed E-state index contributed by atoms with van der Waals surface area (Å²) in [5.41, 5.74) is 0.833. The van der Waals surface area contributed by atoms with E-state index in [0.717, 1.165) is 5.56 Å². The standard InChI is InChI=1S/C13H17NO4/c15-8-10-18-9-7-14-13(17)6-3-11-1-4-12(16)5-2-11/h1-6,15-16H,7-10H2,(H,14,17)/b6-3+. The van der Waals surface area contributed by atoms with Gasteiger partial charge in [-0.05, 0) is 23.8 Å². The summed E-state index contributed by atoms with van der Waals surface area (Å²) >= 11 is 0. The summed E-state index contributed by atoms with van der Waals surface area (Å²) in [5.74, 6) is -0.0201. The molecule has 1 aromatic rings. The number of carbonyl (C=O) groups excluding carboxylic acids is 1. The molecule has 0 atom stereocenters. The van der Waals surface area contributed by atoms with E-state index in [9.17, 15) is 4.79 Å². The van der Waals surface area contributed by atoms with E-state index in [2.05, 4.69) is 5.32 Å². The smallest absolute Gasteiger partial charge is 0.244 e. The van der Waals surface area contributed by atoms with Crippen molar-refractivity contribution in [3.05, 3.63) is 35.9 Å². The van der Waals surface area contributed by atoms with Crippen LogP contribution >= 0.6 is 0 Å². The van der Waals surface area contributed by atoms with E-state index >= 15 is 0 Å². The minimum Gasteiger partial charge on any atom is -0.508 e. The van der Waals surface area contributed by atoms with Crippen molar-refractivity contribution in [2.75, 3.05) is 26.4 Å². The summed E-state index contributed by atoms with van der Waals surface area (Å²) < 4.78 is 4.99. The average molecular weight is 251 g/mol. The molecule has 0 aliphatic carbocycles. The van der Waals surface area contributed by atoms with E-state index < -0.39 is 0 Å². The highest BCUT2D eigenvalue weighted by molar-refractivity contribution is 5.91. The molecule has 0 unspecified atom stereocenters. The maximum atomic E-state index is 11.4. The summed E-state index contributed by atoms with van der Waals surface area (Å²) in [7, 11) is 0. The second kappa shape index (κ2) is 8.27. The molecule has 0 spiro atoms. The zero-order valence-corrected chi connectivity index (χ0v) is 10.0. The molecular weight excluding hydrogens is 234 g/mol. The number of aliphatic hydroxyl groups excluding tert-OH is 1. The van der Waals surface area contributed by atoms with Crippen LogP contribution in [0.15, 0.2) is 30.3 Å². The van der Waals surface area contributed by atoms with Gasteiger partial charge in [0.1, 0.15) is 5.75 Å². The molecule has 1 amide bonds. The third-order valence-electron chi connectivity index (χ3n) is 2.10. The van der Waals surface area contributed by atoms with Gasteiger partial charge in [0.15, 0.2) is 0 Å². The molecule has 3 N–H and O–H groups in total. The van der Waals surface area contributed by atoms with Gasteiger partial charge in [0, 0.05) is 12.6 Å². The van der Waals surface area contributed by atoms with Crippen molar-refractivity contribution in [2.45, 2.75) is 0 Å². The number of phenols is 1. The molecule has 0 bridgehead atoms. The van der Waals surface area contributed by atoms with Crippen LogP contribution in [0.5, 0.6) is 5.75 Å². The molecule has 0 radical (unpaired) electrons. The Morgan fingerprint density at radius 1 is 1.28 bits per heavy atom. The molecule has 0 aliphatic heterocycles. The molecule has 5 heteroatoms. The predicted molar refractivity (Wildman–Crippen MR) is 68.1 cm³/mol. The van der Waals surface area contributed by atoms with Crippen LogP contribution in [-0.4, -0.2) is 42.5 Å². The molecule has 0 aliphatic rings. The Bertz CT molecular complexity index is 386. The van der Waals surface area contributed by atoms with Gasteiger partial charge in [0.2, 0.25) is 5.91 Å². The van der Waals surface area contributed by atoms with E-state index in [1.54, 1.807) is 30.3 Å². The highest BCUT2D eigenvalue weighted by atomic mass is 16.5. The zero-order chi connectivity index (χ0) is 13.2. The number of carbonyl (C=O) groups is 1. The van der Waals surface area contributed by atoms with E-state index in [1.165, 1.54) is 6.08 Å². The van der Waals surface area contributed by atoms with E-state index in [1.807, 2.05) is 0 Å². The van der Waals surface area contributed by atoms with Crippen molar-refractivity contribution in [3.8, 4) is 5.75 Å². The predicted octanol–water partition coefficient (Wildman–Crippen LogP) is 0.530. The van der Waals surface area contributed by atoms with Crippen LogP contribution in [0.2, 0.25) is 0 Å². The van der Waals surface area contributed by atoms with Gasteiger partial charge >= 0.3 is 0 Å². The molecular formula is C13H17NO4. The minimum atomic E-state index is -0.212. The lowest BCUT2D eigenvalue weighted by Crippen LogP contribution is -2.25. The first-order valence-corrected chi connectivity index (χ1v) is 5.66. The molecule has 18 heavy (non-hydrogen) atoms. The van der Waals surface area contributed by atoms with Gasteiger partial charge in [-0.15, -0.1) is 0 Å². The van der Waals surface area contributed by atoms with E-state index in [4.69, 9.17) is 14.9 Å². The van der Waals surface area contributed by atoms with Crippen molar-refractivity contribution >= 4 is 12.0 Å². The van der Waals surface area contributed by atoms with Crippen molar-refractivity contribution in [1.29, 1.82) is 0 Å². The van der Waals surface area contributed by atoms with Gasteiger partial charge in [-0.1, -0.05) is 12.1 Å². The number of hydrogen-bond acceptors (Lipinski definition) is 4. The molecule has 5 nitrogen and oxygen atoms in total. The normalized spacial score (nSPS) is 10.7. The number of hydrogen-bond donors (Lipinski definition) is 3. The fourth-order valence-electron chi connectivity index (χ4n) is 1.23. The Kier molecular flexibility index (Phi) is 6.53. The number of nitrogens with one attached hydrogen (secondary N) is 1.